The van der Waals surface area contributed by atoms with Crippen LogP contribution >= 0.6 is 0 Å². The largest absolute Gasteiger partial charge is 0.326 e. The number of allylic oxidation sites excluding steroid dienone is 1. The van der Waals surface area contributed by atoms with Crippen molar-refractivity contribution in [3.8, 4) is 0 Å². The van der Waals surface area contributed by atoms with Crippen LogP contribution in [0.15, 0.2) is 54.0 Å². The minimum Gasteiger partial charge on any atom is -0.326 e. The first-order valence-electron chi connectivity index (χ1n) is 8.59. The lowest BCUT2D eigenvalue weighted by Gasteiger charge is -2.28. The predicted molar refractivity (Wildman–Crippen MR) is 101 cm³/mol. The lowest BCUT2D eigenvalue weighted by Crippen LogP contribution is -2.31. The van der Waals surface area contributed by atoms with Gasteiger partial charge in [-0.25, -0.2) is 0 Å². The number of aromatic nitrogens is 5. The molecule has 0 aliphatic carbocycles. The van der Waals surface area contributed by atoms with Gasteiger partial charge in [0.1, 0.15) is 6.04 Å². The zero-order valence-corrected chi connectivity index (χ0v) is 15.3. The second kappa shape index (κ2) is 6.64. The number of tetrazole rings is 1. The summed E-state index contributed by atoms with van der Waals surface area (Å²) in [6, 6.07) is 9.21. The van der Waals surface area contributed by atoms with Gasteiger partial charge >= 0.3 is 0 Å². The average Bonchev–Trinajstić information content (AvgIpc) is 3.11. The molecular formula is C19H19N7O. The van der Waals surface area contributed by atoms with Gasteiger partial charge < -0.3 is 10.6 Å². The van der Waals surface area contributed by atoms with E-state index in [4.69, 9.17) is 0 Å². The van der Waals surface area contributed by atoms with Gasteiger partial charge in [-0.15, -0.1) is 0 Å². The average molecular weight is 361 g/mol. The fraction of sp³-hybridized carbons (Fsp3) is 0.211. The molecule has 1 unspecified atom stereocenters. The van der Waals surface area contributed by atoms with E-state index in [1.54, 1.807) is 17.1 Å². The molecule has 0 spiro atoms. The summed E-state index contributed by atoms with van der Waals surface area (Å²) in [6.45, 7) is 5.85. The topological polar surface area (TPSA) is 97.6 Å². The maximum atomic E-state index is 13.2. The lowest BCUT2D eigenvalue weighted by molar-refractivity contribution is -0.113. The Labute approximate surface area is 156 Å². The van der Waals surface area contributed by atoms with Crippen LogP contribution in [0, 0.1) is 13.8 Å². The van der Waals surface area contributed by atoms with Crippen LogP contribution in [0.2, 0.25) is 0 Å². The second-order valence-corrected chi connectivity index (χ2v) is 6.57. The van der Waals surface area contributed by atoms with Crippen molar-refractivity contribution in [3.63, 3.8) is 0 Å². The molecule has 8 nitrogen and oxygen atoms in total. The highest BCUT2D eigenvalue weighted by Gasteiger charge is 2.34. The number of rotatable bonds is 3. The van der Waals surface area contributed by atoms with E-state index < -0.39 is 6.04 Å². The summed E-state index contributed by atoms with van der Waals surface area (Å²) in [4.78, 5) is 17.3. The van der Waals surface area contributed by atoms with Crippen LogP contribution in [0.4, 0.5) is 11.6 Å². The van der Waals surface area contributed by atoms with Crippen molar-refractivity contribution in [3.05, 3.63) is 70.7 Å². The molecule has 1 amide bonds. The number of nitrogens with zero attached hydrogens (tertiary/aromatic N) is 5. The highest BCUT2D eigenvalue weighted by Crippen LogP contribution is 2.34. The summed E-state index contributed by atoms with van der Waals surface area (Å²) in [5, 5.41) is 17.9. The van der Waals surface area contributed by atoms with Crippen LogP contribution in [0.25, 0.3) is 0 Å². The Morgan fingerprint density at radius 2 is 1.93 bits per heavy atom. The molecule has 0 fully saturated rings. The Bertz CT molecular complexity index is 1040. The van der Waals surface area contributed by atoms with Crippen LogP contribution in [-0.2, 0) is 4.79 Å². The molecule has 0 saturated carbocycles. The van der Waals surface area contributed by atoms with Crippen molar-refractivity contribution in [2.45, 2.75) is 26.8 Å². The summed E-state index contributed by atoms with van der Waals surface area (Å²) < 4.78 is 1.61. The van der Waals surface area contributed by atoms with E-state index in [0.717, 1.165) is 22.4 Å². The summed E-state index contributed by atoms with van der Waals surface area (Å²) in [6.07, 6.45) is 3.38. The number of amides is 1. The summed E-state index contributed by atoms with van der Waals surface area (Å²) in [5.41, 5.74) is 5.08. The molecule has 0 saturated heterocycles. The summed E-state index contributed by atoms with van der Waals surface area (Å²) in [7, 11) is 0. The van der Waals surface area contributed by atoms with E-state index in [1.165, 1.54) is 0 Å². The maximum Gasteiger partial charge on any atom is 0.255 e. The Balaban J connectivity index is 1.75. The molecule has 0 bridgehead atoms. The predicted octanol–water partition coefficient (Wildman–Crippen LogP) is 2.61. The first kappa shape index (κ1) is 16.9. The number of anilines is 2. The molecule has 27 heavy (non-hydrogen) atoms. The molecule has 2 N–H and O–H groups in total. The molecule has 3 aromatic rings. The van der Waals surface area contributed by atoms with Crippen molar-refractivity contribution in [2.24, 2.45) is 0 Å². The van der Waals surface area contributed by atoms with Gasteiger partial charge in [0.05, 0.1) is 5.57 Å². The molecule has 136 valence electrons. The third kappa shape index (κ3) is 3.05. The molecule has 1 aliphatic rings. The fourth-order valence-corrected chi connectivity index (χ4v) is 3.30. The monoisotopic (exact) mass is 361 g/mol. The zero-order valence-electron chi connectivity index (χ0n) is 15.3. The van der Waals surface area contributed by atoms with Crippen LogP contribution in [0.1, 0.15) is 29.7 Å². The van der Waals surface area contributed by atoms with Crippen molar-refractivity contribution < 1.29 is 4.79 Å². The Morgan fingerprint density at radius 1 is 1.15 bits per heavy atom. The summed E-state index contributed by atoms with van der Waals surface area (Å²) in [5.74, 6) is 0.298. The minimum absolute atomic E-state index is 0.199. The number of carbonyl (C=O) groups excluding carboxylic acids is 1. The smallest absolute Gasteiger partial charge is 0.255 e. The van der Waals surface area contributed by atoms with Crippen molar-refractivity contribution >= 4 is 17.5 Å². The third-order valence-electron chi connectivity index (χ3n) is 4.61. The van der Waals surface area contributed by atoms with Crippen LogP contribution in [-0.4, -0.2) is 31.1 Å². The SMILES string of the molecule is CC1=C(C(=O)Nc2ccc(C)cc2C)C(c2ccncc2)n2nnnc2N1. The number of hydrogen-bond acceptors (Lipinski definition) is 6. The highest BCUT2D eigenvalue weighted by molar-refractivity contribution is 6.06. The van der Waals surface area contributed by atoms with E-state index in [-0.39, 0.29) is 5.91 Å². The number of carbonyl (C=O) groups is 1. The third-order valence-corrected chi connectivity index (χ3v) is 4.61. The fourth-order valence-electron chi connectivity index (χ4n) is 3.30. The van der Waals surface area contributed by atoms with Gasteiger partial charge in [0.25, 0.3) is 5.91 Å². The van der Waals surface area contributed by atoms with Crippen LogP contribution in [0.5, 0.6) is 0 Å². The number of fused-ring (bicyclic) bond motifs is 1. The number of benzene rings is 1. The van der Waals surface area contributed by atoms with E-state index in [0.29, 0.717) is 17.2 Å². The first-order chi connectivity index (χ1) is 13.0. The number of pyridine rings is 1. The Kier molecular flexibility index (Phi) is 4.15. The lowest BCUT2D eigenvalue weighted by atomic mass is 9.95. The molecule has 8 heteroatoms. The molecule has 0 radical (unpaired) electrons. The van der Waals surface area contributed by atoms with E-state index in [1.807, 2.05) is 51.1 Å². The van der Waals surface area contributed by atoms with Gasteiger partial charge in [0, 0.05) is 23.8 Å². The zero-order chi connectivity index (χ0) is 19.0. The quantitative estimate of drug-likeness (QED) is 0.744. The van der Waals surface area contributed by atoms with Crippen molar-refractivity contribution in [1.29, 1.82) is 0 Å². The van der Waals surface area contributed by atoms with Gasteiger partial charge in [-0.1, -0.05) is 22.8 Å². The molecule has 1 aromatic carbocycles. The van der Waals surface area contributed by atoms with E-state index in [2.05, 4.69) is 31.1 Å². The van der Waals surface area contributed by atoms with Gasteiger partial charge in [0.2, 0.25) is 5.95 Å². The van der Waals surface area contributed by atoms with Gasteiger partial charge in [0.15, 0.2) is 0 Å². The Hall–Kier alpha value is -3.55. The number of aryl methyl sites for hydroxylation is 2. The van der Waals surface area contributed by atoms with Crippen LogP contribution in [0.3, 0.4) is 0 Å². The first-order valence-corrected chi connectivity index (χ1v) is 8.59. The molecular weight excluding hydrogens is 342 g/mol. The molecule has 2 aromatic heterocycles. The maximum absolute atomic E-state index is 13.2. The molecule has 1 aliphatic heterocycles. The number of nitrogens with one attached hydrogen (secondary N) is 2. The van der Waals surface area contributed by atoms with Gasteiger partial charge in [-0.3, -0.25) is 9.78 Å². The molecule has 1 atom stereocenters. The minimum atomic E-state index is -0.440. The standard InChI is InChI=1S/C19H19N7O/c1-11-4-5-15(12(2)10-11)22-18(27)16-13(3)21-19-23-24-25-26(19)17(16)14-6-8-20-9-7-14/h4-10,17H,1-3H3,(H,22,27)(H,21,23,25). The van der Waals surface area contributed by atoms with Gasteiger partial charge in [-0.05, 0) is 60.5 Å². The van der Waals surface area contributed by atoms with Crippen molar-refractivity contribution in [2.75, 3.05) is 10.6 Å². The van der Waals surface area contributed by atoms with Crippen LogP contribution < -0.4 is 10.6 Å². The molecule has 3 heterocycles. The van der Waals surface area contributed by atoms with E-state index >= 15 is 0 Å². The second-order valence-electron chi connectivity index (χ2n) is 6.57. The van der Waals surface area contributed by atoms with Crippen molar-refractivity contribution in [1.82, 2.24) is 25.2 Å². The normalized spacial score (nSPS) is 15.9. The van der Waals surface area contributed by atoms with Gasteiger partial charge in [-0.2, -0.15) is 4.68 Å². The van der Waals surface area contributed by atoms with E-state index in [9.17, 15) is 4.79 Å². The highest BCUT2D eigenvalue weighted by atomic mass is 16.1. The molecule has 4 rings (SSSR count). The number of hydrogen-bond donors (Lipinski definition) is 2. The Morgan fingerprint density at radius 3 is 2.67 bits per heavy atom. The summed E-state index contributed by atoms with van der Waals surface area (Å²) >= 11 is 0.